The van der Waals surface area contributed by atoms with Crippen LogP contribution in [0.15, 0.2) is 90.1 Å². The summed E-state index contributed by atoms with van der Waals surface area (Å²) in [6.07, 6.45) is 4.71. The lowest BCUT2D eigenvalue weighted by Gasteiger charge is -2.31. The predicted molar refractivity (Wildman–Crippen MR) is 167 cm³/mol. The normalized spacial score (nSPS) is 13.9. The first-order valence-electron chi connectivity index (χ1n) is 13.7. The van der Waals surface area contributed by atoms with E-state index in [0.717, 1.165) is 49.1 Å². The number of rotatable bonds is 12. The molecule has 5 rings (SSSR count). The van der Waals surface area contributed by atoms with Gasteiger partial charge < -0.3 is 14.7 Å². The van der Waals surface area contributed by atoms with Gasteiger partial charge in [-0.15, -0.1) is 0 Å². The summed E-state index contributed by atoms with van der Waals surface area (Å²) in [4.78, 5) is 19.6. The van der Waals surface area contributed by atoms with Gasteiger partial charge in [-0.3, -0.25) is 4.79 Å². The summed E-state index contributed by atoms with van der Waals surface area (Å²) < 4.78 is 62.6. The van der Waals surface area contributed by atoms with Crippen molar-refractivity contribution in [3.8, 4) is 0 Å². The predicted octanol–water partition coefficient (Wildman–Crippen LogP) is 3.89. The molecule has 0 aliphatic carbocycles. The van der Waals surface area contributed by atoms with E-state index in [2.05, 4.69) is 14.7 Å². The van der Waals surface area contributed by atoms with Crippen LogP contribution < -0.4 is 4.72 Å². The summed E-state index contributed by atoms with van der Waals surface area (Å²) in [5.41, 5.74) is 4.13. The molecule has 10 nitrogen and oxygen atoms in total. The highest BCUT2D eigenvalue weighted by molar-refractivity contribution is 7.89. The van der Waals surface area contributed by atoms with Gasteiger partial charge >= 0.3 is 5.97 Å². The highest BCUT2D eigenvalue weighted by atomic mass is 32.2. The minimum Gasteiger partial charge on any atom is -0.468 e. The Labute approximate surface area is 251 Å². The average molecular weight is 623 g/mol. The molecule has 0 saturated carbocycles. The average Bonchev–Trinajstić information content (AvgIpc) is 3.58. The number of para-hydroxylation sites is 2. The van der Waals surface area contributed by atoms with E-state index in [1.807, 2.05) is 55.5 Å². The Morgan fingerprint density at radius 2 is 1.37 bits per heavy atom. The number of aromatic amines is 2. The molecule has 3 aromatic carbocycles. The molecule has 5 aromatic rings. The van der Waals surface area contributed by atoms with Gasteiger partial charge in [0.1, 0.15) is 6.04 Å². The van der Waals surface area contributed by atoms with Crippen molar-refractivity contribution in [1.29, 1.82) is 0 Å². The van der Waals surface area contributed by atoms with E-state index >= 15 is 0 Å². The second kappa shape index (κ2) is 12.3. The maximum absolute atomic E-state index is 13.6. The van der Waals surface area contributed by atoms with Crippen LogP contribution in [0.2, 0.25) is 0 Å². The molecular formula is C31H34N4O6S2. The number of H-pyrrole nitrogens is 2. The monoisotopic (exact) mass is 622 g/mol. The molecule has 0 aliphatic heterocycles. The Hall–Kier alpha value is -3.97. The Balaban J connectivity index is 1.54. The van der Waals surface area contributed by atoms with E-state index < -0.39 is 38.1 Å². The van der Waals surface area contributed by atoms with Crippen molar-refractivity contribution in [2.45, 2.75) is 36.7 Å². The van der Waals surface area contributed by atoms with Crippen molar-refractivity contribution < 1.29 is 26.4 Å². The highest BCUT2D eigenvalue weighted by Crippen LogP contribution is 2.25. The van der Waals surface area contributed by atoms with Crippen LogP contribution >= 0.6 is 0 Å². The third kappa shape index (κ3) is 6.83. The summed E-state index contributed by atoms with van der Waals surface area (Å²) in [5, 5.41) is 1.73. The summed E-state index contributed by atoms with van der Waals surface area (Å²) in [6, 6.07) is 19.3. The summed E-state index contributed by atoms with van der Waals surface area (Å²) in [5.74, 6) is -0.747. The first-order chi connectivity index (χ1) is 20.5. The van der Waals surface area contributed by atoms with E-state index in [1.54, 1.807) is 24.5 Å². The second-order valence-electron chi connectivity index (χ2n) is 10.6. The number of fused-ring (bicyclic) bond motifs is 2. The van der Waals surface area contributed by atoms with E-state index in [0.29, 0.717) is 0 Å². The van der Waals surface area contributed by atoms with Gasteiger partial charge in [-0.05, 0) is 48.7 Å². The Morgan fingerprint density at radius 3 is 1.91 bits per heavy atom. The third-order valence-electron chi connectivity index (χ3n) is 7.53. The molecule has 43 heavy (non-hydrogen) atoms. The molecule has 0 fully saturated rings. The van der Waals surface area contributed by atoms with Crippen LogP contribution in [0.5, 0.6) is 0 Å². The fourth-order valence-corrected chi connectivity index (χ4v) is 7.67. The summed E-state index contributed by atoms with van der Waals surface area (Å²) in [7, 11) is -6.89. The zero-order valence-corrected chi connectivity index (χ0v) is 25.7. The first kappa shape index (κ1) is 30.5. The fraction of sp³-hybridized carbons (Fsp3) is 0.258. The highest BCUT2D eigenvalue weighted by Gasteiger charge is 2.37. The maximum Gasteiger partial charge on any atom is 0.324 e. The van der Waals surface area contributed by atoms with Crippen LogP contribution in [0.25, 0.3) is 21.8 Å². The number of esters is 1. The molecule has 2 atom stereocenters. The van der Waals surface area contributed by atoms with Crippen molar-refractivity contribution in [1.82, 2.24) is 19.0 Å². The van der Waals surface area contributed by atoms with Gasteiger partial charge in [0.2, 0.25) is 20.0 Å². The lowest BCUT2D eigenvalue weighted by atomic mass is 10.0. The molecule has 0 amide bonds. The second-order valence-corrected chi connectivity index (χ2v) is 14.3. The standard InChI is InChI=1S/C31H34N4O6S2/c1-21-12-14-25(15-13-21)43(39,40)34-24(16-22-18-32-28-10-6-4-8-26(22)28)20-35(42(3,37)38)30(31(36)41-2)17-23-19-33-29-11-7-5-9-27(23)29/h4-15,18-19,24,30,32-34H,16-17,20H2,1-3H3/t24-,30-/m0/s1. The molecule has 3 N–H and O–H groups in total. The third-order valence-corrected chi connectivity index (χ3v) is 10.3. The summed E-state index contributed by atoms with van der Waals surface area (Å²) >= 11 is 0. The van der Waals surface area contributed by atoms with E-state index in [9.17, 15) is 21.6 Å². The van der Waals surface area contributed by atoms with Gasteiger partial charge in [-0.25, -0.2) is 21.6 Å². The van der Waals surface area contributed by atoms with Gasteiger partial charge in [0.05, 0.1) is 18.3 Å². The molecule has 0 unspecified atom stereocenters. The minimum atomic E-state index is -4.06. The van der Waals surface area contributed by atoms with Crippen molar-refractivity contribution in [3.63, 3.8) is 0 Å². The maximum atomic E-state index is 13.6. The lowest BCUT2D eigenvalue weighted by molar-refractivity contribution is -0.145. The summed E-state index contributed by atoms with van der Waals surface area (Å²) in [6.45, 7) is 1.54. The molecule has 0 spiro atoms. The SMILES string of the molecule is COC(=O)[C@H](Cc1c[nH]c2ccccc12)N(C[C@H](Cc1c[nH]c2ccccc12)NS(=O)(=O)c1ccc(C)cc1)S(C)(=O)=O. The number of sulfonamides is 2. The van der Waals surface area contributed by atoms with Crippen LogP contribution in [0, 0.1) is 6.92 Å². The Kier molecular flexibility index (Phi) is 8.74. The zero-order chi connectivity index (χ0) is 30.8. The number of hydrogen-bond acceptors (Lipinski definition) is 6. The first-order valence-corrected chi connectivity index (χ1v) is 17.0. The molecule has 0 saturated heterocycles. The van der Waals surface area contributed by atoms with Crippen LogP contribution in [0.4, 0.5) is 0 Å². The molecular weight excluding hydrogens is 588 g/mol. The van der Waals surface area contributed by atoms with Crippen LogP contribution in [-0.2, 0) is 42.4 Å². The number of aryl methyl sites for hydroxylation is 1. The zero-order valence-electron chi connectivity index (χ0n) is 24.1. The molecule has 0 bridgehead atoms. The number of methoxy groups -OCH3 is 1. The lowest BCUT2D eigenvalue weighted by Crippen LogP contribution is -2.53. The van der Waals surface area contributed by atoms with E-state index in [-0.39, 0.29) is 24.3 Å². The van der Waals surface area contributed by atoms with Gasteiger partial charge in [-0.1, -0.05) is 54.1 Å². The van der Waals surface area contributed by atoms with E-state index in [1.165, 1.54) is 19.2 Å². The van der Waals surface area contributed by atoms with Gasteiger partial charge in [0.15, 0.2) is 0 Å². The topological polar surface area (TPSA) is 141 Å². The number of aromatic nitrogens is 2. The molecule has 2 heterocycles. The molecule has 0 aliphatic rings. The number of carbonyl (C=O) groups is 1. The van der Waals surface area contributed by atoms with Crippen LogP contribution in [0.3, 0.4) is 0 Å². The number of benzene rings is 3. The van der Waals surface area contributed by atoms with Gasteiger partial charge in [0.25, 0.3) is 0 Å². The van der Waals surface area contributed by atoms with Gasteiger partial charge in [0, 0.05) is 53.2 Å². The van der Waals surface area contributed by atoms with Crippen LogP contribution in [-0.4, -0.2) is 69.1 Å². The van der Waals surface area contributed by atoms with Crippen molar-refractivity contribution in [2.75, 3.05) is 19.9 Å². The smallest absolute Gasteiger partial charge is 0.324 e. The van der Waals surface area contributed by atoms with Crippen molar-refractivity contribution in [3.05, 3.63) is 102 Å². The molecule has 0 radical (unpaired) electrons. The number of hydrogen-bond donors (Lipinski definition) is 3. The molecule has 2 aromatic heterocycles. The quantitative estimate of drug-likeness (QED) is 0.180. The Bertz CT molecular complexity index is 1960. The fourth-order valence-electron chi connectivity index (χ4n) is 5.37. The van der Waals surface area contributed by atoms with E-state index in [4.69, 9.17) is 4.74 Å². The minimum absolute atomic E-state index is 0.0221. The number of nitrogens with zero attached hydrogens (tertiary/aromatic N) is 1. The number of carbonyl (C=O) groups excluding carboxylic acids is 1. The largest absolute Gasteiger partial charge is 0.468 e. The number of ether oxygens (including phenoxy) is 1. The number of nitrogens with one attached hydrogen (secondary N) is 3. The molecule has 226 valence electrons. The Morgan fingerprint density at radius 1 is 0.837 bits per heavy atom. The van der Waals surface area contributed by atoms with Crippen molar-refractivity contribution >= 4 is 47.8 Å². The van der Waals surface area contributed by atoms with Gasteiger partial charge in [-0.2, -0.15) is 4.31 Å². The molecule has 12 heteroatoms. The van der Waals surface area contributed by atoms with Crippen molar-refractivity contribution in [2.24, 2.45) is 0 Å². The van der Waals surface area contributed by atoms with Crippen LogP contribution in [0.1, 0.15) is 16.7 Å².